The first-order chi connectivity index (χ1) is 14.3. The number of nitrogens with one attached hydrogen (secondary N) is 2. The number of benzene rings is 1. The number of amides is 4. The Morgan fingerprint density at radius 1 is 1.17 bits per heavy atom. The second-order valence-electron chi connectivity index (χ2n) is 8.18. The standard InChI is InChI=1S/C21H23F2N3O4/c22-21(23,14-3-1-2-4-14)20(30)24-10-12-5-6-15-13(9-12)11-26(19(15)29)16-7-8-17(27)25-18(16)28/h5-6,9,14,16H,1-4,7-8,10-11H2,(H,24,30)(H,25,27,28). The Labute approximate surface area is 172 Å². The topological polar surface area (TPSA) is 95.6 Å². The third kappa shape index (κ3) is 3.68. The van der Waals surface area contributed by atoms with E-state index >= 15 is 0 Å². The van der Waals surface area contributed by atoms with Crippen LogP contribution in [0.2, 0.25) is 0 Å². The van der Waals surface area contributed by atoms with Crippen LogP contribution < -0.4 is 10.6 Å². The molecule has 4 amide bonds. The fourth-order valence-electron chi connectivity index (χ4n) is 4.51. The molecule has 1 unspecified atom stereocenters. The van der Waals surface area contributed by atoms with Gasteiger partial charge in [-0.2, -0.15) is 8.78 Å². The van der Waals surface area contributed by atoms with Crippen molar-refractivity contribution in [3.63, 3.8) is 0 Å². The molecule has 30 heavy (non-hydrogen) atoms. The van der Waals surface area contributed by atoms with Crippen LogP contribution in [-0.2, 0) is 27.5 Å². The molecule has 2 fully saturated rings. The zero-order chi connectivity index (χ0) is 21.5. The van der Waals surface area contributed by atoms with Crippen molar-refractivity contribution >= 4 is 23.6 Å². The zero-order valence-electron chi connectivity index (χ0n) is 16.4. The number of piperidine rings is 1. The van der Waals surface area contributed by atoms with Gasteiger partial charge in [-0.25, -0.2) is 0 Å². The molecule has 0 radical (unpaired) electrons. The van der Waals surface area contributed by atoms with E-state index in [1.165, 1.54) is 4.90 Å². The SMILES string of the molecule is O=C1CCC(N2Cc3cc(CNC(=O)C(F)(F)C4CCCC4)ccc3C2=O)C(=O)N1. The number of rotatable bonds is 5. The van der Waals surface area contributed by atoms with Gasteiger partial charge in [0.15, 0.2) is 0 Å². The Morgan fingerprint density at radius 2 is 1.90 bits per heavy atom. The van der Waals surface area contributed by atoms with E-state index in [-0.39, 0.29) is 37.7 Å². The van der Waals surface area contributed by atoms with Crippen molar-refractivity contribution < 1.29 is 28.0 Å². The highest BCUT2D eigenvalue weighted by atomic mass is 19.3. The van der Waals surface area contributed by atoms with Crippen molar-refractivity contribution in [1.82, 2.24) is 15.5 Å². The minimum Gasteiger partial charge on any atom is -0.347 e. The van der Waals surface area contributed by atoms with Crippen LogP contribution >= 0.6 is 0 Å². The minimum absolute atomic E-state index is 0.0684. The molecule has 4 rings (SSSR count). The van der Waals surface area contributed by atoms with Crippen LogP contribution in [-0.4, -0.2) is 40.5 Å². The molecule has 1 saturated heterocycles. The first-order valence-electron chi connectivity index (χ1n) is 10.2. The van der Waals surface area contributed by atoms with Gasteiger partial charge in [0, 0.05) is 31.0 Å². The molecule has 1 aliphatic carbocycles. The van der Waals surface area contributed by atoms with Crippen molar-refractivity contribution in [1.29, 1.82) is 0 Å². The summed E-state index contributed by atoms with van der Waals surface area (Å²) < 4.78 is 28.6. The van der Waals surface area contributed by atoms with E-state index in [0.717, 1.165) is 12.8 Å². The first-order valence-corrected chi connectivity index (χ1v) is 10.2. The summed E-state index contributed by atoms with van der Waals surface area (Å²) in [6.45, 7) is 0.126. The van der Waals surface area contributed by atoms with Gasteiger partial charge < -0.3 is 10.2 Å². The minimum atomic E-state index is -3.38. The van der Waals surface area contributed by atoms with Crippen LogP contribution in [0.3, 0.4) is 0 Å². The second-order valence-corrected chi connectivity index (χ2v) is 8.18. The summed E-state index contributed by atoms with van der Waals surface area (Å²) >= 11 is 0. The molecular formula is C21H23F2N3O4. The maximum atomic E-state index is 14.3. The van der Waals surface area contributed by atoms with Gasteiger partial charge in [-0.15, -0.1) is 0 Å². The summed E-state index contributed by atoms with van der Waals surface area (Å²) in [6, 6.07) is 4.17. The maximum absolute atomic E-state index is 14.3. The highest BCUT2D eigenvalue weighted by Gasteiger charge is 2.47. The molecule has 1 saturated carbocycles. The van der Waals surface area contributed by atoms with Gasteiger partial charge in [-0.05, 0) is 36.5 Å². The summed E-state index contributed by atoms with van der Waals surface area (Å²) in [5.41, 5.74) is 1.70. The Hall–Kier alpha value is -2.84. The highest BCUT2D eigenvalue weighted by molar-refractivity contribution is 6.05. The lowest BCUT2D eigenvalue weighted by atomic mass is 9.99. The molecule has 2 aliphatic heterocycles. The van der Waals surface area contributed by atoms with Crippen LogP contribution in [0.5, 0.6) is 0 Å². The van der Waals surface area contributed by atoms with Gasteiger partial charge in [-0.3, -0.25) is 24.5 Å². The molecule has 1 atom stereocenters. The summed E-state index contributed by atoms with van der Waals surface area (Å²) in [5, 5.41) is 4.56. The van der Waals surface area contributed by atoms with Gasteiger partial charge in [0.1, 0.15) is 6.04 Å². The predicted molar refractivity (Wildman–Crippen MR) is 101 cm³/mol. The number of hydrogen-bond donors (Lipinski definition) is 2. The number of fused-ring (bicyclic) bond motifs is 1. The van der Waals surface area contributed by atoms with Crippen LogP contribution in [0.4, 0.5) is 8.78 Å². The smallest absolute Gasteiger partial charge is 0.327 e. The van der Waals surface area contributed by atoms with Gasteiger partial charge >= 0.3 is 5.92 Å². The molecule has 2 N–H and O–H groups in total. The quantitative estimate of drug-likeness (QED) is 0.713. The molecule has 3 aliphatic rings. The molecule has 160 valence electrons. The normalized spacial score (nSPS) is 22.3. The van der Waals surface area contributed by atoms with E-state index in [2.05, 4.69) is 10.6 Å². The van der Waals surface area contributed by atoms with E-state index in [4.69, 9.17) is 0 Å². The van der Waals surface area contributed by atoms with E-state index < -0.39 is 29.7 Å². The van der Waals surface area contributed by atoms with E-state index in [9.17, 15) is 28.0 Å². The van der Waals surface area contributed by atoms with Gasteiger partial charge in [0.2, 0.25) is 11.8 Å². The van der Waals surface area contributed by atoms with Crippen molar-refractivity contribution in [3.05, 3.63) is 34.9 Å². The Morgan fingerprint density at radius 3 is 2.60 bits per heavy atom. The van der Waals surface area contributed by atoms with Crippen LogP contribution in [0.1, 0.15) is 60.0 Å². The molecule has 2 heterocycles. The molecule has 9 heteroatoms. The summed E-state index contributed by atoms with van der Waals surface area (Å²) in [5.74, 6) is -6.70. The van der Waals surface area contributed by atoms with Gasteiger partial charge in [0.25, 0.3) is 11.8 Å². The van der Waals surface area contributed by atoms with Crippen LogP contribution in [0, 0.1) is 5.92 Å². The lowest BCUT2D eigenvalue weighted by Crippen LogP contribution is -2.52. The summed E-state index contributed by atoms with van der Waals surface area (Å²) in [4.78, 5) is 49.6. The number of hydrogen-bond acceptors (Lipinski definition) is 4. The average Bonchev–Trinajstić information content (AvgIpc) is 3.35. The largest absolute Gasteiger partial charge is 0.347 e. The fourth-order valence-corrected chi connectivity index (χ4v) is 4.51. The third-order valence-electron chi connectivity index (χ3n) is 6.21. The Bertz CT molecular complexity index is 912. The van der Waals surface area contributed by atoms with Gasteiger partial charge in [0.05, 0.1) is 0 Å². The Kier molecular flexibility index (Phi) is 5.29. The Balaban J connectivity index is 1.41. The second kappa shape index (κ2) is 7.77. The van der Waals surface area contributed by atoms with Crippen LogP contribution in [0.15, 0.2) is 18.2 Å². The number of halogens is 2. The number of nitrogens with zero attached hydrogens (tertiary/aromatic N) is 1. The van der Waals surface area contributed by atoms with E-state index in [1.54, 1.807) is 18.2 Å². The molecule has 1 aromatic rings. The van der Waals surface area contributed by atoms with Crippen molar-refractivity contribution in [2.45, 2.75) is 63.6 Å². The molecule has 0 spiro atoms. The summed E-state index contributed by atoms with van der Waals surface area (Å²) in [6.07, 6.45) is 2.59. The number of carbonyl (C=O) groups is 4. The average molecular weight is 419 g/mol. The molecular weight excluding hydrogens is 396 g/mol. The number of imide groups is 1. The molecule has 0 bridgehead atoms. The van der Waals surface area contributed by atoms with Gasteiger partial charge in [-0.1, -0.05) is 25.0 Å². The lowest BCUT2D eigenvalue weighted by molar-refractivity contribution is -0.153. The molecule has 0 aromatic heterocycles. The van der Waals surface area contributed by atoms with Crippen molar-refractivity contribution in [3.8, 4) is 0 Å². The summed E-state index contributed by atoms with van der Waals surface area (Å²) in [7, 11) is 0. The maximum Gasteiger partial charge on any atom is 0.327 e. The molecule has 1 aromatic carbocycles. The monoisotopic (exact) mass is 419 g/mol. The number of alkyl halides is 2. The zero-order valence-corrected chi connectivity index (χ0v) is 16.4. The first kappa shape index (κ1) is 20.4. The lowest BCUT2D eigenvalue weighted by Gasteiger charge is -2.29. The highest BCUT2D eigenvalue weighted by Crippen LogP contribution is 2.38. The van der Waals surface area contributed by atoms with E-state index in [0.29, 0.717) is 29.5 Å². The van der Waals surface area contributed by atoms with Crippen LogP contribution in [0.25, 0.3) is 0 Å². The third-order valence-corrected chi connectivity index (χ3v) is 6.21. The predicted octanol–water partition coefficient (Wildman–Crippen LogP) is 1.89. The van der Waals surface area contributed by atoms with E-state index in [1.807, 2.05) is 0 Å². The van der Waals surface area contributed by atoms with Crippen molar-refractivity contribution in [2.24, 2.45) is 5.92 Å². The molecule has 7 nitrogen and oxygen atoms in total. The van der Waals surface area contributed by atoms with Crippen molar-refractivity contribution in [2.75, 3.05) is 0 Å². The number of carbonyl (C=O) groups excluding carboxylic acids is 4. The fraction of sp³-hybridized carbons (Fsp3) is 0.524.